The van der Waals surface area contributed by atoms with E-state index in [9.17, 15) is 9.90 Å². The summed E-state index contributed by atoms with van der Waals surface area (Å²) in [5, 5.41) is 9.44. The zero-order valence-electron chi connectivity index (χ0n) is 10.8. The van der Waals surface area contributed by atoms with Gasteiger partial charge in [0.1, 0.15) is 0 Å². The Bertz CT molecular complexity index is 356. The summed E-state index contributed by atoms with van der Waals surface area (Å²) >= 11 is 0. The van der Waals surface area contributed by atoms with Crippen LogP contribution in [0.2, 0.25) is 0 Å². The van der Waals surface area contributed by atoms with Gasteiger partial charge in [0, 0.05) is 0 Å². The Kier molecular flexibility index (Phi) is 12.5. The van der Waals surface area contributed by atoms with Crippen LogP contribution < -0.4 is 0 Å². The van der Waals surface area contributed by atoms with E-state index >= 15 is 0 Å². The molecule has 0 saturated carbocycles. The number of aliphatic carboxylic acids is 1. The van der Waals surface area contributed by atoms with Gasteiger partial charge in [-0.05, 0) is 18.9 Å². The number of rotatable bonds is 7. The van der Waals surface area contributed by atoms with Crippen LogP contribution in [-0.2, 0) is 10.2 Å². The number of hydrogen-bond acceptors (Lipinski definition) is 1. The van der Waals surface area contributed by atoms with E-state index in [1.807, 2.05) is 37.3 Å². The van der Waals surface area contributed by atoms with Crippen molar-refractivity contribution in [3.8, 4) is 0 Å². The average Bonchev–Trinajstić information content (AvgIpc) is 2.35. The molecule has 1 unspecified atom stereocenters. The summed E-state index contributed by atoms with van der Waals surface area (Å²) in [4.78, 5) is 11.5. The minimum absolute atomic E-state index is 0. The summed E-state index contributed by atoms with van der Waals surface area (Å²) in [6.07, 6.45) is 5.17. The molecule has 4 heteroatoms. The van der Waals surface area contributed by atoms with Crippen LogP contribution in [-0.4, -0.2) is 59.5 Å². The van der Waals surface area contributed by atoms with Gasteiger partial charge in [-0.2, -0.15) is 0 Å². The molecule has 0 radical (unpaired) electrons. The summed E-state index contributed by atoms with van der Waals surface area (Å²) < 4.78 is 0. The second kappa shape index (κ2) is 11.0. The predicted molar refractivity (Wildman–Crippen MR) is 84.5 cm³/mol. The Balaban J connectivity index is 0. The van der Waals surface area contributed by atoms with Crippen molar-refractivity contribution in [3.05, 3.63) is 35.9 Å². The first-order valence-electron chi connectivity index (χ1n) is 6.40. The van der Waals surface area contributed by atoms with Gasteiger partial charge >= 0.3 is 54.4 Å². The van der Waals surface area contributed by atoms with E-state index in [4.69, 9.17) is 0 Å². The molecule has 0 bridgehead atoms. The standard InChI is InChI=1S/C15H22O2.Li.Na.2H/c1-3-4-5-9-12-15(2,14(16)17)13-10-7-6-8-11-13;;;;/h6-8,10-11H,3-5,9,12H2,1-2H3,(H,16,17);;;;. The summed E-state index contributed by atoms with van der Waals surface area (Å²) in [5.41, 5.74) is 0.165. The zero-order valence-corrected chi connectivity index (χ0v) is 10.8. The van der Waals surface area contributed by atoms with Crippen molar-refractivity contribution < 1.29 is 9.90 Å². The molecule has 0 spiro atoms. The van der Waals surface area contributed by atoms with Crippen molar-refractivity contribution in [1.29, 1.82) is 0 Å². The van der Waals surface area contributed by atoms with Gasteiger partial charge in [-0.1, -0.05) is 62.9 Å². The van der Waals surface area contributed by atoms with Crippen LogP contribution in [0.15, 0.2) is 30.3 Å². The van der Waals surface area contributed by atoms with E-state index in [1.54, 1.807) is 0 Å². The Morgan fingerprint density at radius 2 is 1.74 bits per heavy atom. The van der Waals surface area contributed by atoms with E-state index in [1.165, 1.54) is 12.8 Å². The molecule has 1 atom stereocenters. The van der Waals surface area contributed by atoms with Gasteiger partial charge in [0.05, 0.1) is 5.41 Å². The van der Waals surface area contributed by atoms with Crippen molar-refractivity contribution in [2.45, 2.75) is 51.4 Å². The molecule has 19 heavy (non-hydrogen) atoms. The summed E-state index contributed by atoms with van der Waals surface area (Å²) in [6, 6.07) is 9.55. The Hall–Kier alpha value is 0.287. The third kappa shape index (κ3) is 6.52. The molecule has 0 amide bonds. The van der Waals surface area contributed by atoms with Gasteiger partial charge in [-0.15, -0.1) is 0 Å². The maximum atomic E-state index is 11.5. The van der Waals surface area contributed by atoms with E-state index in [0.29, 0.717) is 6.42 Å². The Labute approximate surface area is 150 Å². The quantitative estimate of drug-likeness (QED) is 0.608. The first-order valence-corrected chi connectivity index (χ1v) is 6.40. The average molecular weight is 266 g/mol. The molecule has 0 heterocycles. The molecule has 1 aromatic carbocycles. The van der Waals surface area contributed by atoms with E-state index in [-0.39, 0.29) is 48.4 Å². The summed E-state index contributed by atoms with van der Waals surface area (Å²) in [6.45, 7) is 3.99. The van der Waals surface area contributed by atoms with Crippen molar-refractivity contribution in [1.82, 2.24) is 0 Å². The third-order valence-corrected chi connectivity index (χ3v) is 3.41. The van der Waals surface area contributed by atoms with Crippen LogP contribution in [0.1, 0.15) is 51.5 Å². The van der Waals surface area contributed by atoms with Gasteiger partial charge in [0.25, 0.3) is 0 Å². The maximum absolute atomic E-state index is 11.5. The minimum atomic E-state index is -0.741. The molecule has 1 aromatic rings. The van der Waals surface area contributed by atoms with Crippen LogP contribution >= 0.6 is 0 Å². The fourth-order valence-electron chi connectivity index (χ4n) is 2.09. The van der Waals surface area contributed by atoms with Gasteiger partial charge < -0.3 is 5.11 Å². The SMILES string of the molecule is CCCCCCC(C)(C(=O)O)c1ccccc1.[LiH].[NaH]. The summed E-state index contributed by atoms with van der Waals surface area (Å²) in [7, 11) is 0. The predicted octanol–water partition coefficient (Wildman–Crippen LogP) is 2.70. The number of carboxylic acids is 1. The van der Waals surface area contributed by atoms with E-state index in [0.717, 1.165) is 18.4 Å². The molecule has 1 rings (SSSR count). The van der Waals surface area contributed by atoms with Gasteiger partial charge in [0.2, 0.25) is 0 Å². The number of benzene rings is 1. The molecule has 0 aliphatic rings. The normalized spacial score (nSPS) is 12.7. The fourth-order valence-corrected chi connectivity index (χ4v) is 2.09. The van der Waals surface area contributed by atoms with Crippen molar-refractivity contribution in [2.24, 2.45) is 0 Å². The molecule has 0 saturated heterocycles. The van der Waals surface area contributed by atoms with Crippen molar-refractivity contribution in [2.75, 3.05) is 0 Å². The number of carboxylic acid groups (broad SMARTS) is 1. The molecule has 1 N–H and O–H groups in total. The number of carbonyl (C=O) groups is 1. The molecule has 0 aliphatic heterocycles. The Morgan fingerprint density at radius 3 is 2.21 bits per heavy atom. The van der Waals surface area contributed by atoms with Crippen LogP contribution in [0.25, 0.3) is 0 Å². The second-order valence-electron chi connectivity index (χ2n) is 4.81. The monoisotopic (exact) mass is 266 g/mol. The fraction of sp³-hybridized carbons (Fsp3) is 0.533. The summed E-state index contributed by atoms with van der Waals surface area (Å²) in [5.74, 6) is -0.722. The molecule has 0 aliphatic carbocycles. The zero-order chi connectivity index (χ0) is 12.7. The van der Waals surface area contributed by atoms with Gasteiger partial charge in [0.15, 0.2) is 0 Å². The van der Waals surface area contributed by atoms with Crippen molar-refractivity contribution >= 4 is 54.4 Å². The molecular formula is C15H24LiNaO2. The number of unbranched alkanes of at least 4 members (excludes halogenated alkanes) is 3. The first kappa shape index (κ1) is 21.6. The van der Waals surface area contributed by atoms with Gasteiger partial charge in [-0.3, -0.25) is 4.79 Å². The van der Waals surface area contributed by atoms with Crippen LogP contribution in [0.4, 0.5) is 0 Å². The first-order chi connectivity index (χ1) is 8.11. The van der Waals surface area contributed by atoms with E-state index in [2.05, 4.69) is 6.92 Å². The third-order valence-electron chi connectivity index (χ3n) is 3.41. The number of hydrogen-bond donors (Lipinski definition) is 1. The Morgan fingerprint density at radius 1 is 1.16 bits per heavy atom. The van der Waals surface area contributed by atoms with E-state index < -0.39 is 11.4 Å². The molecule has 98 valence electrons. The molecular weight excluding hydrogens is 242 g/mol. The molecule has 0 aromatic heterocycles. The second-order valence-corrected chi connectivity index (χ2v) is 4.81. The van der Waals surface area contributed by atoms with Crippen LogP contribution in [0.5, 0.6) is 0 Å². The van der Waals surface area contributed by atoms with Crippen molar-refractivity contribution in [3.63, 3.8) is 0 Å². The van der Waals surface area contributed by atoms with Crippen LogP contribution in [0, 0.1) is 0 Å². The van der Waals surface area contributed by atoms with Crippen LogP contribution in [0.3, 0.4) is 0 Å². The molecule has 0 fully saturated rings. The molecule has 2 nitrogen and oxygen atoms in total. The van der Waals surface area contributed by atoms with Gasteiger partial charge in [-0.25, -0.2) is 0 Å². The topological polar surface area (TPSA) is 37.3 Å².